The van der Waals surface area contributed by atoms with Gasteiger partial charge in [-0.3, -0.25) is 14.4 Å². The molecule has 0 radical (unpaired) electrons. The summed E-state index contributed by atoms with van der Waals surface area (Å²) >= 11 is 12.0. The van der Waals surface area contributed by atoms with Gasteiger partial charge in [-0.15, -0.1) is 0 Å². The summed E-state index contributed by atoms with van der Waals surface area (Å²) in [5, 5.41) is 6.22. The van der Waals surface area contributed by atoms with E-state index >= 15 is 0 Å². The first kappa shape index (κ1) is 22.1. The fourth-order valence-corrected chi connectivity index (χ4v) is 3.81. The van der Waals surface area contributed by atoms with Crippen LogP contribution in [0, 0.1) is 5.92 Å². The van der Waals surface area contributed by atoms with Gasteiger partial charge in [0.25, 0.3) is 5.91 Å². The largest absolute Gasteiger partial charge is 0.340 e. The zero-order valence-electron chi connectivity index (χ0n) is 16.7. The standard InChI is InChI=1S/C22H23Cl2N3O3/c1-13(2)20(26-21(29)17-9-8-14(23)11-18(17)24)22(30)25-15-5-3-6-16(12-15)27-10-4-7-19(27)28/h3,5-6,8-9,11-13,20H,4,7,10H2,1-2H3,(H,25,30)(H,26,29)/t20-/m1/s1. The lowest BCUT2D eigenvalue weighted by Gasteiger charge is -2.23. The Balaban J connectivity index is 1.73. The summed E-state index contributed by atoms with van der Waals surface area (Å²) in [4.78, 5) is 39.2. The van der Waals surface area contributed by atoms with E-state index in [2.05, 4.69) is 10.6 Å². The Bertz CT molecular complexity index is 978. The van der Waals surface area contributed by atoms with Gasteiger partial charge < -0.3 is 15.5 Å². The van der Waals surface area contributed by atoms with E-state index in [1.807, 2.05) is 19.9 Å². The van der Waals surface area contributed by atoms with Crippen molar-refractivity contribution in [2.24, 2.45) is 5.92 Å². The van der Waals surface area contributed by atoms with Crippen molar-refractivity contribution in [3.63, 3.8) is 0 Å². The van der Waals surface area contributed by atoms with Crippen LogP contribution in [0.1, 0.15) is 37.0 Å². The highest BCUT2D eigenvalue weighted by atomic mass is 35.5. The fourth-order valence-electron chi connectivity index (χ4n) is 3.32. The number of nitrogens with one attached hydrogen (secondary N) is 2. The third-order valence-electron chi connectivity index (χ3n) is 4.91. The molecule has 3 amide bonds. The number of benzene rings is 2. The molecular formula is C22H23Cl2N3O3. The molecule has 30 heavy (non-hydrogen) atoms. The average Bonchev–Trinajstić information content (AvgIpc) is 3.11. The molecule has 1 aliphatic heterocycles. The molecular weight excluding hydrogens is 425 g/mol. The smallest absolute Gasteiger partial charge is 0.253 e. The summed E-state index contributed by atoms with van der Waals surface area (Å²) < 4.78 is 0. The number of hydrogen-bond acceptors (Lipinski definition) is 3. The lowest BCUT2D eigenvalue weighted by atomic mass is 10.0. The minimum atomic E-state index is -0.777. The van der Waals surface area contributed by atoms with Crippen molar-refractivity contribution in [1.29, 1.82) is 0 Å². The normalized spacial score (nSPS) is 14.7. The van der Waals surface area contributed by atoms with E-state index in [9.17, 15) is 14.4 Å². The van der Waals surface area contributed by atoms with Crippen molar-refractivity contribution in [1.82, 2.24) is 5.32 Å². The predicted molar refractivity (Wildman–Crippen MR) is 119 cm³/mol. The van der Waals surface area contributed by atoms with E-state index in [1.165, 1.54) is 12.1 Å². The third-order valence-corrected chi connectivity index (χ3v) is 5.46. The number of rotatable bonds is 6. The van der Waals surface area contributed by atoms with Crippen LogP contribution in [0.25, 0.3) is 0 Å². The van der Waals surface area contributed by atoms with Crippen molar-refractivity contribution >= 4 is 52.3 Å². The molecule has 158 valence electrons. The maximum atomic E-state index is 12.9. The Morgan fingerprint density at radius 1 is 1.10 bits per heavy atom. The van der Waals surface area contributed by atoms with Crippen LogP contribution >= 0.6 is 23.2 Å². The molecule has 0 aromatic heterocycles. The van der Waals surface area contributed by atoms with E-state index in [-0.39, 0.29) is 28.3 Å². The first-order chi connectivity index (χ1) is 14.3. The third kappa shape index (κ3) is 5.12. The number of anilines is 2. The van der Waals surface area contributed by atoms with Crippen molar-refractivity contribution in [3.05, 3.63) is 58.1 Å². The van der Waals surface area contributed by atoms with E-state index in [0.717, 1.165) is 12.1 Å². The maximum absolute atomic E-state index is 12.9. The molecule has 0 bridgehead atoms. The second kappa shape index (κ2) is 9.49. The van der Waals surface area contributed by atoms with Crippen molar-refractivity contribution < 1.29 is 14.4 Å². The molecule has 1 saturated heterocycles. The van der Waals surface area contributed by atoms with Crippen LogP contribution in [0.2, 0.25) is 10.0 Å². The number of carbonyl (C=O) groups excluding carboxylic acids is 3. The second-order valence-electron chi connectivity index (χ2n) is 7.51. The van der Waals surface area contributed by atoms with Crippen LogP contribution in [-0.2, 0) is 9.59 Å². The van der Waals surface area contributed by atoms with Crippen LogP contribution in [0.5, 0.6) is 0 Å². The van der Waals surface area contributed by atoms with Gasteiger partial charge in [-0.1, -0.05) is 43.1 Å². The highest BCUT2D eigenvalue weighted by molar-refractivity contribution is 6.36. The summed E-state index contributed by atoms with van der Waals surface area (Å²) in [7, 11) is 0. The molecule has 8 heteroatoms. The minimum absolute atomic E-state index is 0.0747. The predicted octanol–water partition coefficient (Wildman–Crippen LogP) is 4.51. The molecule has 2 N–H and O–H groups in total. The van der Waals surface area contributed by atoms with Gasteiger partial charge in [-0.25, -0.2) is 0 Å². The Morgan fingerprint density at radius 3 is 2.50 bits per heavy atom. The number of halogens is 2. The topological polar surface area (TPSA) is 78.5 Å². The lowest BCUT2D eigenvalue weighted by Crippen LogP contribution is -2.47. The Hall–Kier alpha value is -2.57. The molecule has 0 spiro atoms. The van der Waals surface area contributed by atoms with E-state index in [4.69, 9.17) is 23.2 Å². The first-order valence-electron chi connectivity index (χ1n) is 9.73. The number of carbonyl (C=O) groups is 3. The second-order valence-corrected chi connectivity index (χ2v) is 8.35. The lowest BCUT2D eigenvalue weighted by molar-refractivity contribution is -0.119. The molecule has 3 rings (SSSR count). The monoisotopic (exact) mass is 447 g/mol. The van der Waals surface area contributed by atoms with Crippen LogP contribution in [0.3, 0.4) is 0 Å². The molecule has 0 aliphatic carbocycles. The molecule has 1 fully saturated rings. The summed E-state index contributed by atoms with van der Waals surface area (Å²) in [6, 6.07) is 10.9. The maximum Gasteiger partial charge on any atom is 0.253 e. The molecule has 2 aromatic rings. The number of nitrogens with zero attached hydrogens (tertiary/aromatic N) is 1. The summed E-state index contributed by atoms with van der Waals surface area (Å²) in [6.45, 7) is 4.35. The molecule has 1 atom stereocenters. The number of hydrogen-bond donors (Lipinski definition) is 2. The highest BCUT2D eigenvalue weighted by Gasteiger charge is 2.26. The van der Waals surface area contributed by atoms with Gasteiger partial charge in [0, 0.05) is 29.4 Å². The molecule has 1 heterocycles. The summed E-state index contributed by atoms with van der Waals surface area (Å²) in [5.74, 6) is -0.899. The van der Waals surface area contributed by atoms with Gasteiger partial charge in [0.2, 0.25) is 11.8 Å². The SMILES string of the molecule is CC(C)[C@@H](NC(=O)c1ccc(Cl)cc1Cl)C(=O)Nc1cccc(N2CCCC2=O)c1. The van der Waals surface area contributed by atoms with Gasteiger partial charge >= 0.3 is 0 Å². The van der Waals surface area contributed by atoms with E-state index < -0.39 is 11.9 Å². The molecule has 0 unspecified atom stereocenters. The molecule has 6 nitrogen and oxygen atoms in total. The van der Waals surface area contributed by atoms with E-state index in [1.54, 1.807) is 29.2 Å². The van der Waals surface area contributed by atoms with Gasteiger partial charge in [0.05, 0.1) is 10.6 Å². The average molecular weight is 448 g/mol. The van der Waals surface area contributed by atoms with Crippen LogP contribution in [0.4, 0.5) is 11.4 Å². The van der Waals surface area contributed by atoms with Gasteiger partial charge in [-0.2, -0.15) is 0 Å². The van der Waals surface area contributed by atoms with Crippen molar-refractivity contribution in [2.75, 3.05) is 16.8 Å². The van der Waals surface area contributed by atoms with Crippen LogP contribution in [0.15, 0.2) is 42.5 Å². The van der Waals surface area contributed by atoms with Crippen LogP contribution in [-0.4, -0.2) is 30.3 Å². The zero-order valence-corrected chi connectivity index (χ0v) is 18.3. The summed E-state index contributed by atoms with van der Waals surface area (Å²) in [6.07, 6.45) is 1.36. The highest BCUT2D eigenvalue weighted by Crippen LogP contribution is 2.25. The zero-order chi connectivity index (χ0) is 21.8. The fraction of sp³-hybridized carbons (Fsp3) is 0.318. The molecule has 2 aromatic carbocycles. The Labute approximate surface area is 185 Å². The van der Waals surface area contributed by atoms with E-state index in [0.29, 0.717) is 23.7 Å². The Morgan fingerprint density at radius 2 is 1.87 bits per heavy atom. The quantitative estimate of drug-likeness (QED) is 0.683. The number of amides is 3. The van der Waals surface area contributed by atoms with Gasteiger partial charge in [-0.05, 0) is 48.7 Å². The van der Waals surface area contributed by atoms with Crippen molar-refractivity contribution in [3.8, 4) is 0 Å². The minimum Gasteiger partial charge on any atom is -0.340 e. The molecule has 0 saturated carbocycles. The summed E-state index contributed by atoms with van der Waals surface area (Å²) in [5.41, 5.74) is 1.55. The van der Waals surface area contributed by atoms with Gasteiger partial charge in [0.15, 0.2) is 0 Å². The molecule has 1 aliphatic rings. The Kier molecular flexibility index (Phi) is 7.00. The van der Waals surface area contributed by atoms with Gasteiger partial charge in [0.1, 0.15) is 6.04 Å². The van der Waals surface area contributed by atoms with Crippen LogP contribution < -0.4 is 15.5 Å². The van der Waals surface area contributed by atoms with Crippen molar-refractivity contribution in [2.45, 2.75) is 32.7 Å². The first-order valence-corrected chi connectivity index (χ1v) is 10.5.